The fourth-order valence-corrected chi connectivity index (χ4v) is 2.02. The molecular weight excluding hydrogens is 294 g/mol. The van der Waals surface area contributed by atoms with Crippen LogP contribution in [0.4, 0.5) is 10.6 Å². The molecule has 0 atom stereocenters. The lowest BCUT2D eigenvalue weighted by Gasteiger charge is -2.11. The van der Waals surface area contributed by atoms with Crippen LogP contribution in [0.25, 0.3) is 11.0 Å². The Morgan fingerprint density at radius 3 is 2.35 bits per heavy atom. The van der Waals surface area contributed by atoms with Crippen molar-refractivity contribution in [3.8, 4) is 11.6 Å². The molecule has 3 rings (SSSR count). The number of nitrogens with zero attached hydrogens (tertiary/aromatic N) is 2. The SMILES string of the molecule is CCOc1nc2ccccc2nc1NC(=O)Oc1ccccc1. The molecule has 1 heterocycles. The molecule has 0 aliphatic rings. The van der Waals surface area contributed by atoms with Crippen LogP contribution >= 0.6 is 0 Å². The Balaban J connectivity index is 1.85. The quantitative estimate of drug-likeness (QED) is 0.796. The minimum atomic E-state index is -0.651. The van der Waals surface area contributed by atoms with Crippen molar-refractivity contribution >= 4 is 22.9 Å². The van der Waals surface area contributed by atoms with E-state index in [-0.39, 0.29) is 11.7 Å². The van der Waals surface area contributed by atoms with Crippen molar-refractivity contribution < 1.29 is 14.3 Å². The highest BCUT2D eigenvalue weighted by Gasteiger charge is 2.14. The van der Waals surface area contributed by atoms with Crippen molar-refractivity contribution in [1.29, 1.82) is 0 Å². The lowest BCUT2D eigenvalue weighted by molar-refractivity contribution is 0.215. The van der Waals surface area contributed by atoms with Gasteiger partial charge in [-0.25, -0.2) is 14.8 Å². The Morgan fingerprint density at radius 2 is 1.65 bits per heavy atom. The monoisotopic (exact) mass is 309 g/mol. The van der Waals surface area contributed by atoms with Crippen LogP contribution in [0.2, 0.25) is 0 Å². The third-order valence-electron chi connectivity index (χ3n) is 2.99. The minimum Gasteiger partial charge on any atom is -0.475 e. The maximum atomic E-state index is 12.0. The predicted octanol–water partition coefficient (Wildman–Crippen LogP) is 3.64. The summed E-state index contributed by atoms with van der Waals surface area (Å²) in [4.78, 5) is 20.8. The number of fused-ring (bicyclic) bond motifs is 1. The van der Waals surface area contributed by atoms with E-state index in [1.807, 2.05) is 37.3 Å². The standard InChI is InChI=1S/C17H15N3O3/c1-2-22-16-15(18-13-10-6-7-11-14(13)19-16)20-17(21)23-12-8-4-3-5-9-12/h3-11H,2H2,1H3,(H,18,20,21). The molecule has 0 saturated heterocycles. The number of benzene rings is 2. The van der Waals surface area contributed by atoms with Gasteiger partial charge in [-0.15, -0.1) is 0 Å². The zero-order valence-electron chi connectivity index (χ0n) is 12.5. The van der Waals surface area contributed by atoms with Gasteiger partial charge in [-0.05, 0) is 31.2 Å². The first kappa shape index (κ1) is 14.8. The van der Waals surface area contributed by atoms with Crippen LogP contribution in [-0.2, 0) is 0 Å². The number of anilines is 1. The molecule has 2 aromatic carbocycles. The van der Waals surface area contributed by atoms with E-state index in [4.69, 9.17) is 9.47 Å². The van der Waals surface area contributed by atoms with Gasteiger partial charge in [0.2, 0.25) is 0 Å². The zero-order valence-corrected chi connectivity index (χ0v) is 12.5. The minimum absolute atomic E-state index is 0.228. The summed E-state index contributed by atoms with van der Waals surface area (Å²) in [5.41, 5.74) is 1.35. The Morgan fingerprint density at radius 1 is 1.00 bits per heavy atom. The average Bonchev–Trinajstić information content (AvgIpc) is 2.56. The second-order valence-electron chi connectivity index (χ2n) is 4.63. The largest absolute Gasteiger partial charge is 0.475 e. The number of hydrogen-bond donors (Lipinski definition) is 1. The molecule has 0 unspecified atom stereocenters. The maximum absolute atomic E-state index is 12.0. The molecule has 0 fully saturated rings. The van der Waals surface area contributed by atoms with E-state index in [1.54, 1.807) is 24.3 Å². The van der Waals surface area contributed by atoms with Crippen LogP contribution in [0.1, 0.15) is 6.92 Å². The molecule has 6 heteroatoms. The number of hydrogen-bond acceptors (Lipinski definition) is 5. The maximum Gasteiger partial charge on any atom is 0.418 e. The first-order valence-corrected chi connectivity index (χ1v) is 7.19. The lowest BCUT2D eigenvalue weighted by atomic mass is 10.3. The summed E-state index contributed by atoms with van der Waals surface area (Å²) >= 11 is 0. The van der Waals surface area contributed by atoms with Gasteiger partial charge in [-0.2, -0.15) is 0 Å². The number of amides is 1. The first-order valence-electron chi connectivity index (χ1n) is 7.19. The van der Waals surface area contributed by atoms with Gasteiger partial charge >= 0.3 is 6.09 Å². The molecule has 1 aromatic heterocycles. The van der Waals surface area contributed by atoms with Gasteiger partial charge in [-0.3, -0.25) is 5.32 Å². The molecule has 23 heavy (non-hydrogen) atoms. The van der Waals surface area contributed by atoms with Gasteiger partial charge in [0.05, 0.1) is 17.6 Å². The average molecular weight is 309 g/mol. The summed E-state index contributed by atoms with van der Waals surface area (Å²) in [6.45, 7) is 2.25. The molecular formula is C17H15N3O3. The topological polar surface area (TPSA) is 73.3 Å². The van der Waals surface area contributed by atoms with E-state index < -0.39 is 6.09 Å². The number of aromatic nitrogens is 2. The number of carbonyl (C=O) groups excluding carboxylic acids is 1. The molecule has 0 aliphatic carbocycles. The van der Waals surface area contributed by atoms with Gasteiger partial charge in [0.1, 0.15) is 5.75 Å². The number of nitrogens with one attached hydrogen (secondary N) is 1. The Labute approximate surface area is 133 Å². The predicted molar refractivity (Wildman–Crippen MR) is 86.8 cm³/mol. The van der Waals surface area contributed by atoms with E-state index >= 15 is 0 Å². The second kappa shape index (κ2) is 6.74. The molecule has 1 amide bonds. The fourth-order valence-electron chi connectivity index (χ4n) is 2.02. The number of carbonyl (C=O) groups is 1. The third kappa shape index (κ3) is 3.55. The van der Waals surface area contributed by atoms with Gasteiger partial charge in [0, 0.05) is 0 Å². The van der Waals surface area contributed by atoms with Crippen LogP contribution in [0.15, 0.2) is 54.6 Å². The second-order valence-corrected chi connectivity index (χ2v) is 4.63. The van der Waals surface area contributed by atoms with E-state index in [9.17, 15) is 4.79 Å². The molecule has 0 bridgehead atoms. The molecule has 3 aromatic rings. The van der Waals surface area contributed by atoms with Gasteiger partial charge in [-0.1, -0.05) is 30.3 Å². The van der Waals surface area contributed by atoms with Crippen molar-refractivity contribution in [3.05, 3.63) is 54.6 Å². The number of para-hydroxylation sites is 3. The van der Waals surface area contributed by atoms with Crippen LogP contribution in [0, 0.1) is 0 Å². The van der Waals surface area contributed by atoms with Gasteiger partial charge in [0.25, 0.3) is 5.88 Å². The summed E-state index contributed by atoms with van der Waals surface area (Å²) < 4.78 is 10.6. The van der Waals surface area contributed by atoms with Crippen molar-refractivity contribution in [2.24, 2.45) is 0 Å². The molecule has 0 aliphatic heterocycles. The van der Waals surface area contributed by atoms with E-state index in [1.165, 1.54) is 0 Å². The summed E-state index contributed by atoms with van der Waals surface area (Å²) in [5.74, 6) is 0.930. The van der Waals surface area contributed by atoms with Crippen LogP contribution < -0.4 is 14.8 Å². The summed E-state index contributed by atoms with van der Waals surface area (Å²) in [5, 5.41) is 2.58. The van der Waals surface area contributed by atoms with Gasteiger partial charge < -0.3 is 9.47 Å². The fraction of sp³-hybridized carbons (Fsp3) is 0.118. The van der Waals surface area contributed by atoms with Crippen LogP contribution in [0.5, 0.6) is 11.6 Å². The lowest BCUT2D eigenvalue weighted by Crippen LogP contribution is -2.18. The summed E-state index contributed by atoms with van der Waals surface area (Å²) in [6.07, 6.45) is -0.651. The highest BCUT2D eigenvalue weighted by molar-refractivity contribution is 5.88. The Bertz CT molecular complexity index is 822. The van der Waals surface area contributed by atoms with Crippen LogP contribution in [-0.4, -0.2) is 22.7 Å². The van der Waals surface area contributed by atoms with Crippen molar-refractivity contribution in [3.63, 3.8) is 0 Å². The molecule has 0 radical (unpaired) electrons. The normalized spacial score (nSPS) is 10.3. The molecule has 6 nitrogen and oxygen atoms in total. The molecule has 0 saturated carbocycles. The van der Waals surface area contributed by atoms with Crippen molar-refractivity contribution in [2.45, 2.75) is 6.92 Å². The first-order chi connectivity index (χ1) is 11.3. The van der Waals surface area contributed by atoms with Gasteiger partial charge in [0.15, 0.2) is 5.82 Å². The van der Waals surface area contributed by atoms with Crippen LogP contribution in [0.3, 0.4) is 0 Å². The smallest absolute Gasteiger partial charge is 0.418 e. The molecule has 0 spiro atoms. The molecule has 1 N–H and O–H groups in total. The highest BCUT2D eigenvalue weighted by atomic mass is 16.6. The number of ether oxygens (including phenoxy) is 2. The Hall–Kier alpha value is -3.15. The molecule has 116 valence electrons. The van der Waals surface area contributed by atoms with Crippen molar-refractivity contribution in [1.82, 2.24) is 9.97 Å². The van der Waals surface area contributed by atoms with E-state index in [2.05, 4.69) is 15.3 Å². The summed E-state index contributed by atoms with van der Waals surface area (Å²) in [7, 11) is 0. The zero-order chi connectivity index (χ0) is 16.1. The summed E-state index contributed by atoms with van der Waals surface area (Å²) in [6, 6.07) is 16.1. The van der Waals surface area contributed by atoms with Crippen molar-refractivity contribution in [2.75, 3.05) is 11.9 Å². The van der Waals surface area contributed by atoms with E-state index in [0.717, 1.165) is 0 Å². The van der Waals surface area contributed by atoms with E-state index in [0.29, 0.717) is 23.4 Å². The third-order valence-corrected chi connectivity index (χ3v) is 2.99. The Kier molecular flexibility index (Phi) is 4.33. The highest BCUT2D eigenvalue weighted by Crippen LogP contribution is 2.23. The number of rotatable bonds is 4.